The van der Waals surface area contributed by atoms with Crippen LogP contribution in [-0.2, 0) is 0 Å². The topological polar surface area (TPSA) is 34.1 Å². The number of rotatable bonds is 2. The first-order chi connectivity index (χ1) is 7.59. The van der Waals surface area contributed by atoms with Gasteiger partial charge in [0.25, 0.3) is 0 Å². The average Bonchev–Trinajstić information content (AvgIpc) is 2.27. The van der Waals surface area contributed by atoms with Gasteiger partial charge >= 0.3 is 0 Å². The molecule has 1 radical (unpaired) electrons. The number of fused-ring (bicyclic) bond motifs is 1. The Hall–Kier alpha value is -1.96. The largest absolute Gasteiger partial charge is 0.294 e. The molecule has 0 unspecified atom stereocenters. The standard InChI is InChI=1S/C14H11O2/c1-9(15)12-7-11-5-3-4-6-13(11)14(8-12)10(2)16/h3-7H,1-2H3. The van der Waals surface area contributed by atoms with Gasteiger partial charge in [-0.05, 0) is 30.7 Å². The summed E-state index contributed by atoms with van der Waals surface area (Å²) in [6.45, 7) is 2.96. The third-order valence-corrected chi connectivity index (χ3v) is 2.52. The molecule has 2 heteroatoms. The predicted molar refractivity (Wildman–Crippen MR) is 62.8 cm³/mol. The molecule has 0 heterocycles. The van der Waals surface area contributed by atoms with E-state index in [1.54, 1.807) is 6.07 Å². The summed E-state index contributed by atoms with van der Waals surface area (Å²) in [5.74, 6) is -0.146. The smallest absolute Gasteiger partial charge is 0.161 e. The van der Waals surface area contributed by atoms with Gasteiger partial charge in [-0.3, -0.25) is 9.59 Å². The molecule has 0 fully saturated rings. The summed E-state index contributed by atoms with van der Waals surface area (Å²) in [5.41, 5.74) is 0.951. The first kappa shape index (κ1) is 10.6. The molecule has 0 amide bonds. The molecule has 0 atom stereocenters. The summed E-state index contributed by atoms with van der Waals surface area (Å²) in [6, 6.07) is 12.2. The zero-order valence-corrected chi connectivity index (χ0v) is 9.20. The summed E-state index contributed by atoms with van der Waals surface area (Å²) in [5, 5.41) is 1.75. The zero-order valence-electron chi connectivity index (χ0n) is 9.20. The van der Waals surface area contributed by atoms with E-state index in [2.05, 4.69) is 6.07 Å². The van der Waals surface area contributed by atoms with E-state index in [0.29, 0.717) is 11.1 Å². The van der Waals surface area contributed by atoms with Gasteiger partial charge in [-0.15, -0.1) is 0 Å². The fraction of sp³-hybridized carbons (Fsp3) is 0.143. The van der Waals surface area contributed by atoms with Gasteiger partial charge < -0.3 is 0 Å². The van der Waals surface area contributed by atoms with Gasteiger partial charge in [0.1, 0.15) is 0 Å². The highest BCUT2D eigenvalue weighted by molar-refractivity contribution is 6.10. The van der Waals surface area contributed by atoms with Crippen LogP contribution in [0.2, 0.25) is 0 Å². The molecule has 0 saturated carbocycles. The monoisotopic (exact) mass is 211 g/mol. The number of ketones is 2. The molecule has 0 saturated heterocycles. The number of carbonyl (C=O) groups is 2. The van der Waals surface area contributed by atoms with E-state index in [-0.39, 0.29) is 11.6 Å². The van der Waals surface area contributed by atoms with Crippen molar-refractivity contribution in [2.45, 2.75) is 13.8 Å². The second-order valence-electron chi connectivity index (χ2n) is 3.76. The second-order valence-corrected chi connectivity index (χ2v) is 3.76. The molecule has 2 aromatic rings. The van der Waals surface area contributed by atoms with Crippen LogP contribution in [0.1, 0.15) is 34.6 Å². The maximum Gasteiger partial charge on any atom is 0.161 e. The van der Waals surface area contributed by atoms with Crippen molar-refractivity contribution in [3.63, 3.8) is 0 Å². The molecule has 0 bridgehead atoms. The molecule has 16 heavy (non-hydrogen) atoms. The van der Waals surface area contributed by atoms with Crippen LogP contribution in [0, 0.1) is 6.07 Å². The van der Waals surface area contributed by atoms with E-state index in [4.69, 9.17) is 0 Å². The minimum atomic E-state index is -0.0757. The third-order valence-electron chi connectivity index (χ3n) is 2.52. The lowest BCUT2D eigenvalue weighted by atomic mass is 9.97. The molecule has 2 nitrogen and oxygen atoms in total. The van der Waals surface area contributed by atoms with Crippen molar-refractivity contribution in [3.8, 4) is 0 Å². The van der Waals surface area contributed by atoms with Crippen molar-refractivity contribution >= 4 is 22.3 Å². The van der Waals surface area contributed by atoms with Crippen molar-refractivity contribution in [1.29, 1.82) is 0 Å². The van der Waals surface area contributed by atoms with Gasteiger partial charge in [0.15, 0.2) is 11.6 Å². The van der Waals surface area contributed by atoms with Crippen molar-refractivity contribution < 1.29 is 9.59 Å². The number of Topliss-reactive ketones (excluding diaryl/α,β-unsaturated/α-hetero) is 2. The van der Waals surface area contributed by atoms with Crippen molar-refractivity contribution in [1.82, 2.24) is 0 Å². The summed E-state index contributed by atoms with van der Waals surface area (Å²) in [7, 11) is 0. The molecule has 0 spiro atoms. The van der Waals surface area contributed by atoms with Gasteiger partial charge in [-0.1, -0.05) is 24.3 Å². The van der Waals surface area contributed by atoms with Crippen LogP contribution in [0.25, 0.3) is 10.8 Å². The van der Waals surface area contributed by atoms with Gasteiger partial charge in [-0.2, -0.15) is 0 Å². The highest BCUT2D eigenvalue weighted by Gasteiger charge is 2.10. The summed E-state index contributed by atoms with van der Waals surface area (Å²) in [6.07, 6.45) is 0. The maximum absolute atomic E-state index is 11.5. The first-order valence-electron chi connectivity index (χ1n) is 5.06. The van der Waals surface area contributed by atoms with E-state index < -0.39 is 0 Å². The van der Waals surface area contributed by atoms with Crippen LogP contribution in [0.5, 0.6) is 0 Å². The lowest BCUT2D eigenvalue weighted by molar-refractivity contribution is 0.101. The van der Waals surface area contributed by atoms with Crippen LogP contribution in [0.4, 0.5) is 0 Å². The highest BCUT2D eigenvalue weighted by atomic mass is 16.1. The Morgan fingerprint density at radius 1 is 1.06 bits per heavy atom. The molecule has 79 valence electrons. The van der Waals surface area contributed by atoms with E-state index in [9.17, 15) is 9.59 Å². The number of hydrogen-bond acceptors (Lipinski definition) is 2. The van der Waals surface area contributed by atoms with Crippen LogP contribution in [0.3, 0.4) is 0 Å². The van der Waals surface area contributed by atoms with Gasteiger partial charge in [0.05, 0.1) is 0 Å². The molecule has 0 N–H and O–H groups in total. The van der Waals surface area contributed by atoms with Gasteiger partial charge in [0.2, 0.25) is 0 Å². The van der Waals surface area contributed by atoms with Gasteiger partial charge in [0, 0.05) is 17.2 Å². The van der Waals surface area contributed by atoms with Crippen LogP contribution in [-0.4, -0.2) is 11.6 Å². The fourth-order valence-corrected chi connectivity index (χ4v) is 1.71. The lowest BCUT2D eigenvalue weighted by Crippen LogP contribution is -2.00. The summed E-state index contributed by atoms with van der Waals surface area (Å²) in [4.78, 5) is 22.8. The second kappa shape index (κ2) is 3.89. The Morgan fingerprint density at radius 3 is 2.38 bits per heavy atom. The molecule has 0 aromatic heterocycles. The minimum Gasteiger partial charge on any atom is -0.294 e. The molecule has 0 aliphatic rings. The zero-order chi connectivity index (χ0) is 11.7. The van der Waals surface area contributed by atoms with Crippen LogP contribution in [0.15, 0.2) is 30.3 Å². The lowest BCUT2D eigenvalue weighted by Gasteiger charge is -2.05. The average molecular weight is 211 g/mol. The van der Waals surface area contributed by atoms with Crippen molar-refractivity contribution in [2.24, 2.45) is 0 Å². The maximum atomic E-state index is 11.5. The molecular weight excluding hydrogens is 200 g/mol. The quantitative estimate of drug-likeness (QED) is 0.715. The Labute approximate surface area is 93.9 Å². The fourth-order valence-electron chi connectivity index (χ4n) is 1.71. The molecule has 0 aliphatic heterocycles. The Kier molecular flexibility index (Phi) is 2.57. The SMILES string of the molecule is CC(=O)c1[c]c(C(C)=O)c2ccccc2c1. The predicted octanol–water partition coefficient (Wildman–Crippen LogP) is 3.05. The Bertz CT molecular complexity index is 582. The molecular formula is C14H11O2. The number of benzene rings is 2. The highest BCUT2D eigenvalue weighted by Crippen LogP contribution is 2.21. The van der Waals surface area contributed by atoms with E-state index >= 15 is 0 Å². The number of carbonyl (C=O) groups excluding carboxylic acids is 2. The Balaban J connectivity index is 2.84. The Morgan fingerprint density at radius 2 is 1.75 bits per heavy atom. The summed E-state index contributed by atoms with van der Waals surface area (Å²) < 4.78 is 0. The van der Waals surface area contributed by atoms with Crippen molar-refractivity contribution in [3.05, 3.63) is 47.5 Å². The summed E-state index contributed by atoms with van der Waals surface area (Å²) >= 11 is 0. The van der Waals surface area contributed by atoms with Crippen molar-refractivity contribution in [2.75, 3.05) is 0 Å². The third kappa shape index (κ3) is 1.74. The van der Waals surface area contributed by atoms with E-state index in [1.165, 1.54) is 13.8 Å². The van der Waals surface area contributed by atoms with Crippen LogP contribution < -0.4 is 0 Å². The first-order valence-corrected chi connectivity index (χ1v) is 5.06. The molecule has 2 rings (SSSR count). The minimum absolute atomic E-state index is 0.0701. The normalized spacial score (nSPS) is 10.4. The molecule has 0 aliphatic carbocycles. The van der Waals surface area contributed by atoms with E-state index in [0.717, 1.165) is 10.8 Å². The number of hydrogen-bond donors (Lipinski definition) is 0. The van der Waals surface area contributed by atoms with Gasteiger partial charge in [-0.25, -0.2) is 0 Å². The van der Waals surface area contributed by atoms with Crippen LogP contribution >= 0.6 is 0 Å². The van der Waals surface area contributed by atoms with E-state index in [1.807, 2.05) is 24.3 Å². The molecule has 2 aromatic carbocycles.